The molecule has 0 aliphatic carbocycles. The van der Waals surface area contributed by atoms with E-state index in [1.807, 2.05) is 25.7 Å². The van der Waals surface area contributed by atoms with Gasteiger partial charge in [-0.3, -0.25) is 4.90 Å². The molecule has 3 aromatic rings. The van der Waals surface area contributed by atoms with Crippen LogP contribution in [0.2, 0.25) is 0 Å². The van der Waals surface area contributed by atoms with Gasteiger partial charge < -0.3 is 19.0 Å². The number of aromatic amines is 1. The van der Waals surface area contributed by atoms with Gasteiger partial charge in [0.25, 0.3) is 0 Å². The van der Waals surface area contributed by atoms with E-state index in [2.05, 4.69) is 69.9 Å². The Hall–Kier alpha value is -2.58. The highest BCUT2D eigenvalue weighted by atomic mass is 16.7. The van der Waals surface area contributed by atoms with E-state index in [0.717, 1.165) is 45.9 Å². The Morgan fingerprint density at radius 2 is 1.80 bits per heavy atom. The summed E-state index contributed by atoms with van der Waals surface area (Å²) in [7, 11) is -0.405. The molecule has 1 amide bonds. The van der Waals surface area contributed by atoms with Gasteiger partial charge in [0, 0.05) is 11.4 Å². The van der Waals surface area contributed by atoms with Gasteiger partial charge in [-0.05, 0) is 85.1 Å². The summed E-state index contributed by atoms with van der Waals surface area (Å²) in [5.74, 6) is 0.803. The lowest BCUT2D eigenvalue weighted by Gasteiger charge is -2.32. The van der Waals surface area contributed by atoms with E-state index in [9.17, 15) is 4.79 Å². The number of H-pyrrole nitrogens is 1. The number of aromatic nitrogens is 2. The fourth-order valence-electron chi connectivity index (χ4n) is 5.00. The molecular formula is C27H36BN3O4. The fraction of sp³-hybridized carbons (Fsp3) is 0.556. The molecular weight excluding hydrogens is 441 g/mol. The minimum absolute atomic E-state index is 0.0993. The number of hydrogen-bond donors (Lipinski definition) is 1. The highest BCUT2D eigenvalue weighted by Crippen LogP contribution is 2.38. The lowest BCUT2D eigenvalue weighted by Crippen LogP contribution is -2.41. The van der Waals surface area contributed by atoms with E-state index in [1.54, 1.807) is 0 Å². The van der Waals surface area contributed by atoms with Crippen LogP contribution in [0.15, 0.2) is 30.3 Å². The third kappa shape index (κ3) is 4.21. The van der Waals surface area contributed by atoms with E-state index >= 15 is 0 Å². The van der Waals surface area contributed by atoms with Crippen molar-refractivity contribution < 1.29 is 18.8 Å². The number of nitrogens with one attached hydrogen (secondary N) is 1. The van der Waals surface area contributed by atoms with Crippen LogP contribution in [0.4, 0.5) is 4.79 Å². The first-order chi connectivity index (χ1) is 16.3. The molecule has 0 spiro atoms. The third-order valence-corrected chi connectivity index (χ3v) is 7.62. The first-order valence-electron chi connectivity index (χ1n) is 12.5. The van der Waals surface area contributed by atoms with Gasteiger partial charge in [-0.1, -0.05) is 24.3 Å². The largest absolute Gasteiger partial charge is 0.494 e. The number of carbonyl (C=O) groups is 1. The fourth-order valence-corrected chi connectivity index (χ4v) is 5.00. The van der Waals surface area contributed by atoms with Gasteiger partial charge in [-0.15, -0.1) is 0 Å². The molecule has 0 saturated carbocycles. The molecule has 0 unspecified atom stereocenters. The summed E-state index contributed by atoms with van der Waals surface area (Å²) in [5.41, 5.74) is 1.55. The molecule has 186 valence electrons. The maximum Gasteiger partial charge on any atom is 0.494 e. The molecule has 5 rings (SSSR count). The van der Waals surface area contributed by atoms with Gasteiger partial charge in [-0.2, -0.15) is 0 Å². The normalized spacial score (nSPS) is 24.0. The van der Waals surface area contributed by atoms with E-state index < -0.39 is 12.7 Å². The molecule has 2 aliphatic rings. The third-order valence-electron chi connectivity index (χ3n) is 7.62. The molecule has 7 nitrogen and oxygen atoms in total. The molecule has 2 atom stereocenters. The molecule has 2 saturated heterocycles. The number of likely N-dealkylation sites (tertiary alicyclic amines) is 1. The zero-order chi connectivity index (χ0) is 25.3. The van der Waals surface area contributed by atoms with Crippen molar-refractivity contribution >= 4 is 40.5 Å². The van der Waals surface area contributed by atoms with Crippen molar-refractivity contribution in [3.8, 4) is 0 Å². The monoisotopic (exact) mass is 477 g/mol. The summed E-state index contributed by atoms with van der Waals surface area (Å²) in [6.07, 6.45) is 1.48. The van der Waals surface area contributed by atoms with Crippen LogP contribution in [0.3, 0.4) is 0 Å². The van der Waals surface area contributed by atoms with Crippen molar-refractivity contribution in [3.05, 3.63) is 36.2 Å². The molecule has 0 bridgehead atoms. The van der Waals surface area contributed by atoms with Crippen LogP contribution in [0, 0.1) is 0 Å². The van der Waals surface area contributed by atoms with Crippen LogP contribution in [-0.2, 0) is 14.0 Å². The smallest absolute Gasteiger partial charge is 0.444 e. The van der Waals surface area contributed by atoms with Crippen LogP contribution >= 0.6 is 0 Å². The average Bonchev–Trinajstić information content (AvgIpc) is 3.39. The summed E-state index contributed by atoms with van der Waals surface area (Å²) >= 11 is 0. The van der Waals surface area contributed by atoms with Gasteiger partial charge in [0.1, 0.15) is 11.4 Å². The van der Waals surface area contributed by atoms with Crippen molar-refractivity contribution in [1.82, 2.24) is 14.9 Å². The van der Waals surface area contributed by atoms with Crippen LogP contribution in [0.25, 0.3) is 21.8 Å². The molecule has 2 aliphatic heterocycles. The van der Waals surface area contributed by atoms with Gasteiger partial charge in [0.2, 0.25) is 0 Å². The molecule has 2 fully saturated rings. The topological polar surface area (TPSA) is 76.7 Å². The Labute approximate surface area is 207 Å². The number of imidazole rings is 1. The number of nitrogens with zero attached hydrogens (tertiary/aromatic N) is 2. The molecule has 2 aromatic carbocycles. The minimum Gasteiger partial charge on any atom is -0.444 e. The quantitative estimate of drug-likeness (QED) is 0.495. The van der Waals surface area contributed by atoms with Crippen LogP contribution in [-0.4, -0.2) is 50.9 Å². The summed E-state index contributed by atoms with van der Waals surface area (Å²) in [4.78, 5) is 23.3. The van der Waals surface area contributed by atoms with E-state index in [-0.39, 0.29) is 29.4 Å². The van der Waals surface area contributed by atoms with Crippen molar-refractivity contribution in [1.29, 1.82) is 0 Å². The highest BCUT2D eigenvalue weighted by Gasteiger charge is 2.51. The first kappa shape index (κ1) is 24.1. The predicted molar refractivity (Wildman–Crippen MR) is 139 cm³/mol. The van der Waals surface area contributed by atoms with Gasteiger partial charge >= 0.3 is 13.2 Å². The summed E-state index contributed by atoms with van der Waals surface area (Å²) in [5, 5.41) is 2.13. The number of carbonyl (C=O) groups excluding carboxylic acids is 1. The maximum atomic E-state index is 13.0. The Morgan fingerprint density at radius 1 is 1.11 bits per heavy atom. The molecule has 1 N–H and O–H groups in total. The van der Waals surface area contributed by atoms with E-state index in [0.29, 0.717) is 0 Å². The standard InChI is InChI=1S/C27H36BN3O4/c1-16-9-14-21(31(16)24(32)33-25(2,3)4)23-29-20-13-10-17-15-18(11-12-19(17)22(20)30-23)28-34-26(5,6)27(7,8)35-28/h10-13,15-16,21H,9,14H2,1-8H3,(H,29,30)/t16-,21-/m0/s1. The van der Waals surface area contributed by atoms with Crippen LogP contribution in [0.1, 0.15) is 80.1 Å². The number of amides is 1. The summed E-state index contributed by atoms with van der Waals surface area (Å²) in [6, 6.07) is 10.4. The molecule has 8 heteroatoms. The predicted octanol–water partition coefficient (Wildman–Crippen LogP) is 5.48. The van der Waals surface area contributed by atoms with Crippen molar-refractivity contribution in [3.63, 3.8) is 0 Å². The number of rotatable bonds is 2. The van der Waals surface area contributed by atoms with Crippen LogP contribution in [0.5, 0.6) is 0 Å². The van der Waals surface area contributed by atoms with E-state index in [4.69, 9.17) is 19.0 Å². The zero-order valence-corrected chi connectivity index (χ0v) is 22.1. The number of benzene rings is 2. The lowest BCUT2D eigenvalue weighted by molar-refractivity contribution is 0.00578. The second kappa shape index (κ2) is 7.97. The Kier molecular flexibility index (Phi) is 5.49. The summed E-state index contributed by atoms with van der Waals surface area (Å²) in [6.45, 7) is 16.0. The lowest BCUT2D eigenvalue weighted by atomic mass is 9.78. The Bertz CT molecular complexity index is 1280. The van der Waals surface area contributed by atoms with Crippen molar-refractivity contribution in [2.75, 3.05) is 0 Å². The number of ether oxygens (including phenoxy) is 1. The maximum absolute atomic E-state index is 13.0. The second-order valence-electron chi connectivity index (χ2n) is 12.0. The molecule has 1 aromatic heterocycles. The minimum atomic E-state index is -0.539. The highest BCUT2D eigenvalue weighted by molar-refractivity contribution is 6.62. The summed E-state index contributed by atoms with van der Waals surface area (Å²) < 4.78 is 18.2. The Balaban J connectivity index is 1.47. The average molecular weight is 477 g/mol. The van der Waals surface area contributed by atoms with Gasteiger partial charge in [0.05, 0.1) is 28.3 Å². The molecule has 0 radical (unpaired) electrons. The van der Waals surface area contributed by atoms with Crippen molar-refractivity contribution in [2.24, 2.45) is 0 Å². The zero-order valence-electron chi connectivity index (χ0n) is 22.1. The van der Waals surface area contributed by atoms with Crippen molar-refractivity contribution in [2.45, 2.75) is 97.1 Å². The number of fused-ring (bicyclic) bond motifs is 3. The number of hydrogen-bond acceptors (Lipinski definition) is 5. The Morgan fingerprint density at radius 3 is 2.46 bits per heavy atom. The van der Waals surface area contributed by atoms with Gasteiger partial charge in [-0.25, -0.2) is 9.78 Å². The first-order valence-corrected chi connectivity index (χ1v) is 12.5. The second-order valence-corrected chi connectivity index (χ2v) is 12.0. The van der Waals surface area contributed by atoms with Crippen LogP contribution < -0.4 is 5.46 Å². The molecule has 3 heterocycles. The van der Waals surface area contributed by atoms with Gasteiger partial charge in [0.15, 0.2) is 0 Å². The molecule has 35 heavy (non-hydrogen) atoms. The SMILES string of the molecule is C[C@H]1CC[C@@H](c2nc3c(ccc4cc(B5OC(C)(C)C(C)(C)O5)ccc43)[nH]2)N1C(=O)OC(C)(C)C. The van der Waals surface area contributed by atoms with E-state index in [1.165, 1.54) is 0 Å².